The van der Waals surface area contributed by atoms with Gasteiger partial charge >= 0.3 is 0 Å². The summed E-state index contributed by atoms with van der Waals surface area (Å²) in [6.45, 7) is 0. The number of aromatic nitrogens is 3. The summed E-state index contributed by atoms with van der Waals surface area (Å²) in [5.74, 6) is 0. The number of hydrogen-bond acceptors (Lipinski definition) is 1. The molecule has 268 valence electrons. The molecule has 0 atom stereocenters. The predicted octanol–water partition coefficient (Wildman–Crippen LogP) is 14.6. The molecule has 0 radical (unpaired) electrons. The van der Waals surface area contributed by atoms with Gasteiger partial charge in [0.15, 0.2) is 0 Å². The van der Waals surface area contributed by atoms with Gasteiger partial charge in [-0.2, -0.15) is 0 Å². The molecule has 0 N–H and O–H groups in total. The summed E-state index contributed by atoms with van der Waals surface area (Å²) in [5, 5.41) is 8.74. The van der Waals surface area contributed by atoms with Crippen LogP contribution >= 0.6 is 0 Å². The molecule has 0 saturated heterocycles. The van der Waals surface area contributed by atoms with Crippen LogP contribution in [0.3, 0.4) is 0 Å². The van der Waals surface area contributed by atoms with Crippen molar-refractivity contribution in [3.05, 3.63) is 200 Å². The van der Waals surface area contributed by atoms with Crippen LogP contribution in [0.15, 0.2) is 200 Å². The molecule has 0 spiro atoms. The van der Waals surface area contributed by atoms with Gasteiger partial charge in [-0.05, 0) is 123 Å². The minimum Gasteiger partial charge on any atom is -0.309 e. The van der Waals surface area contributed by atoms with E-state index in [9.17, 15) is 0 Å². The van der Waals surface area contributed by atoms with Crippen molar-refractivity contribution in [3.63, 3.8) is 0 Å². The van der Waals surface area contributed by atoms with Gasteiger partial charge in [0.2, 0.25) is 0 Å². The molecule has 12 aromatic rings. The number of hydrogen-bond donors (Lipinski definition) is 0. The molecular formula is C55H33N3. The first kappa shape index (κ1) is 31.5. The first-order chi connectivity index (χ1) is 28.7. The molecule has 58 heavy (non-hydrogen) atoms. The molecule has 0 fully saturated rings. The molecule has 0 bridgehead atoms. The summed E-state index contributed by atoms with van der Waals surface area (Å²) >= 11 is 0. The van der Waals surface area contributed by atoms with E-state index in [1.165, 1.54) is 98.8 Å². The molecule has 13 rings (SSSR count). The lowest BCUT2D eigenvalue weighted by Crippen LogP contribution is -1.94. The Hall–Kier alpha value is -7.75. The fourth-order valence-corrected chi connectivity index (χ4v) is 9.78. The van der Waals surface area contributed by atoms with Gasteiger partial charge in [-0.3, -0.25) is 0 Å². The summed E-state index contributed by atoms with van der Waals surface area (Å²) in [4.78, 5) is 5.17. The minimum absolute atomic E-state index is 0.993. The molecular weight excluding hydrogens is 703 g/mol. The normalized spacial score (nSPS) is 12.1. The first-order valence-electron chi connectivity index (χ1n) is 20.0. The lowest BCUT2D eigenvalue weighted by molar-refractivity contribution is 1.18. The topological polar surface area (TPSA) is 22.8 Å². The Morgan fingerprint density at radius 3 is 1.69 bits per heavy atom. The van der Waals surface area contributed by atoms with Gasteiger partial charge in [-0.15, -0.1) is 0 Å². The Balaban J connectivity index is 0.908. The Morgan fingerprint density at radius 2 is 0.897 bits per heavy atom. The van der Waals surface area contributed by atoms with Crippen molar-refractivity contribution in [1.29, 1.82) is 0 Å². The van der Waals surface area contributed by atoms with Crippen LogP contribution in [0, 0.1) is 0 Å². The molecule has 0 amide bonds. The van der Waals surface area contributed by atoms with E-state index in [-0.39, 0.29) is 0 Å². The molecule has 3 aromatic heterocycles. The highest BCUT2D eigenvalue weighted by Crippen LogP contribution is 2.48. The summed E-state index contributed by atoms with van der Waals surface area (Å²) < 4.78 is 4.78. The number of nitrogens with zero attached hydrogens (tertiary/aromatic N) is 3. The molecule has 3 heteroatoms. The van der Waals surface area contributed by atoms with Crippen LogP contribution in [-0.2, 0) is 0 Å². The maximum Gasteiger partial charge on any atom is 0.0722 e. The Morgan fingerprint density at radius 1 is 0.310 bits per heavy atom. The Bertz CT molecular complexity index is 3660. The quantitative estimate of drug-likeness (QED) is 0.176. The standard InChI is InChI=1S/C55H33N3/c1-2-11-39(12-3-1)58-52-20-9-7-16-44(52)47-31-38-29-35(21-22-37(38)32-54(47)58)36-25-28-53-46(30-36)43-15-6-8-19-51(43)57(53)40-26-23-34(24-27-40)50-33-48-42-14-5-4-13-41(42)45-17-10-18-49(56-50)55(45)48/h1-33H. The van der Waals surface area contributed by atoms with E-state index in [1.807, 2.05) is 0 Å². The lowest BCUT2D eigenvalue weighted by Gasteiger charge is -2.11. The fourth-order valence-electron chi connectivity index (χ4n) is 9.78. The van der Waals surface area contributed by atoms with Gasteiger partial charge in [0, 0.05) is 43.9 Å². The van der Waals surface area contributed by atoms with Gasteiger partial charge < -0.3 is 9.13 Å². The highest BCUT2D eigenvalue weighted by Gasteiger charge is 2.23. The largest absolute Gasteiger partial charge is 0.309 e. The van der Waals surface area contributed by atoms with Crippen molar-refractivity contribution in [2.24, 2.45) is 0 Å². The summed E-state index contributed by atoms with van der Waals surface area (Å²) in [5.41, 5.74) is 17.8. The fraction of sp³-hybridized carbons (Fsp3) is 0. The molecule has 9 aromatic carbocycles. The van der Waals surface area contributed by atoms with Crippen molar-refractivity contribution in [3.8, 4) is 56.0 Å². The first-order valence-corrected chi connectivity index (χ1v) is 20.0. The van der Waals surface area contributed by atoms with Gasteiger partial charge in [-0.25, -0.2) is 4.98 Å². The third-order valence-corrected chi connectivity index (χ3v) is 12.4. The van der Waals surface area contributed by atoms with Crippen LogP contribution in [0.2, 0.25) is 0 Å². The van der Waals surface area contributed by atoms with Crippen LogP contribution in [0.1, 0.15) is 0 Å². The average molecular weight is 736 g/mol. The van der Waals surface area contributed by atoms with E-state index in [1.54, 1.807) is 0 Å². The van der Waals surface area contributed by atoms with Gasteiger partial charge in [0.25, 0.3) is 0 Å². The number of fused-ring (bicyclic) bond motifs is 10. The number of para-hydroxylation sites is 3. The zero-order valence-electron chi connectivity index (χ0n) is 31.4. The van der Waals surface area contributed by atoms with Gasteiger partial charge in [0.1, 0.15) is 0 Å². The smallest absolute Gasteiger partial charge is 0.0722 e. The Kier molecular flexibility index (Phi) is 6.44. The summed E-state index contributed by atoms with van der Waals surface area (Å²) in [6, 6.07) is 73.2. The van der Waals surface area contributed by atoms with Gasteiger partial charge in [-0.1, -0.05) is 121 Å². The molecule has 0 aliphatic heterocycles. The Labute approximate surface area is 334 Å². The van der Waals surface area contributed by atoms with Crippen LogP contribution < -0.4 is 0 Å². The van der Waals surface area contributed by atoms with Crippen molar-refractivity contribution < 1.29 is 0 Å². The van der Waals surface area contributed by atoms with Crippen LogP contribution in [-0.4, -0.2) is 14.1 Å². The second kappa shape index (κ2) is 11.9. The third kappa shape index (κ3) is 4.47. The zero-order valence-corrected chi connectivity index (χ0v) is 31.4. The maximum absolute atomic E-state index is 5.17. The zero-order chi connectivity index (χ0) is 37.9. The van der Waals surface area contributed by atoms with Crippen molar-refractivity contribution >= 4 is 65.3 Å². The highest BCUT2D eigenvalue weighted by atomic mass is 15.0. The summed E-state index contributed by atoms with van der Waals surface area (Å²) in [7, 11) is 0. The van der Waals surface area contributed by atoms with Gasteiger partial charge in [0.05, 0.1) is 33.3 Å². The number of rotatable bonds is 4. The van der Waals surface area contributed by atoms with Crippen LogP contribution in [0.4, 0.5) is 0 Å². The van der Waals surface area contributed by atoms with Crippen molar-refractivity contribution in [2.45, 2.75) is 0 Å². The van der Waals surface area contributed by atoms with E-state index in [0.29, 0.717) is 0 Å². The summed E-state index contributed by atoms with van der Waals surface area (Å²) in [6.07, 6.45) is 0. The van der Waals surface area contributed by atoms with E-state index in [2.05, 4.69) is 209 Å². The van der Waals surface area contributed by atoms with E-state index >= 15 is 0 Å². The minimum atomic E-state index is 0.993. The van der Waals surface area contributed by atoms with Crippen LogP contribution in [0.5, 0.6) is 0 Å². The maximum atomic E-state index is 5.17. The lowest BCUT2D eigenvalue weighted by atomic mass is 9.98. The second-order valence-corrected chi connectivity index (χ2v) is 15.6. The molecule has 0 unspecified atom stereocenters. The van der Waals surface area contributed by atoms with Crippen molar-refractivity contribution in [1.82, 2.24) is 14.1 Å². The van der Waals surface area contributed by atoms with E-state index < -0.39 is 0 Å². The monoisotopic (exact) mass is 735 g/mol. The molecule has 0 saturated carbocycles. The van der Waals surface area contributed by atoms with Crippen LogP contribution in [0.25, 0.3) is 121 Å². The number of benzene rings is 9. The SMILES string of the molecule is c1ccc(-n2c3ccccc3c3cc4cc(-c5ccc6c(c5)c5ccccc5n6-c5ccc(-c6cc7c8c(cccc8n6)-c6ccccc6-7)cc5)ccc4cc32)cc1. The number of pyridine rings is 1. The van der Waals surface area contributed by atoms with E-state index in [0.717, 1.165) is 22.5 Å². The van der Waals surface area contributed by atoms with E-state index in [4.69, 9.17) is 4.98 Å². The molecule has 1 aliphatic rings. The highest BCUT2D eigenvalue weighted by molar-refractivity contribution is 6.16. The third-order valence-electron chi connectivity index (χ3n) is 12.4. The predicted molar refractivity (Wildman–Crippen MR) is 243 cm³/mol. The molecule has 3 heterocycles. The molecule has 3 nitrogen and oxygen atoms in total. The molecule has 1 aliphatic carbocycles. The second-order valence-electron chi connectivity index (χ2n) is 15.6. The average Bonchev–Trinajstić information content (AvgIpc) is 3.92. The van der Waals surface area contributed by atoms with Crippen molar-refractivity contribution in [2.75, 3.05) is 0 Å².